The van der Waals surface area contributed by atoms with Crippen LogP contribution in [0.25, 0.3) is 0 Å². The summed E-state index contributed by atoms with van der Waals surface area (Å²) in [7, 11) is 0. The summed E-state index contributed by atoms with van der Waals surface area (Å²) >= 11 is 0. The first-order valence-electron chi connectivity index (χ1n) is 7.50. The number of carbonyl (C=O) groups is 3. The predicted octanol–water partition coefficient (Wildman–Crippen LogP) is 1.03. The predicted molar refractivity (Wildman–Crippen MR) is 83.6 cm³/mol. The van der Waals surface area contributed by atoms with Gasteiger partial charge in [0.2, 0.25) is 5.91 Å². The van der Waals surface area contributed by atoms with E-state index in [0.29, 0.717) is 13.0 Å². The molecule has 1 saturated heterocycles. The van der Waals surface area contributed by atoms with Gasteiger partial charge in [0.15, 0.2) is 0 Å². The second-order valence-electron chi connectivity index (χ2n) is 5.84. The summed E-state index contributed by atoms with van der Waals surface area (Å²) < 4.78 is 0. The molecule has 4 N–H and O–H groups in total. The number of amides is 3. The minimum absolute atomic E-state index is 0.0543. The Morgan fingerprint density at radius 3 is 2.74 bits per heavy atom. The molecule has 0 bridgehead atoms. The van der Waals surface area contributed by atoms with Crippen molar-refractivity contribution in [2.45, 2.75) is 25.8 Å². The molecule has 1 aliphatic heterocycles. The van der Waals surface area contributed by atoms with E-state index in [2.05, 4.69) is 5.32 Å². The number of carbonyl (C=O) groups excluding carboxylic acids is 2. The number of primary amides is 1. The number of benzene rings is 1. The Labute approximate surface area is 134 Å². The van der Waals surface area contributed by atoms with E-state index in [1.54, 1.807) is 0 Å². The maximum Gasteiger partial charge on any atom is 0.312 e. The van der Waals surface area contributed by atoms with Crippen molar-refractivity contribution < 1.29 is 19.5 Å². The van der Waals surface area contributed by atoms with Crippen LogP contribution in [0.2, 0.25) is 0 Å². The third kappa shape index (κ3) is 4.45. The van der Waals surface area contributed by atoms with E-state index in [-0.39, 0.29) is 18.9 Å². The van der Waals surface area contributed by atoms with Crippen molar-refractivity contribution in [3.05, 3.63) is 35.4 Å². The summed E-state index contributed by atoms with van der Waals surface area (Å²) in [6.45, 7) is 2.56. The zero-order valence-electron chi connectivity index (χ0n) is 13.0. The fraction of sp³-hybridized carbons (Fsp3) is 0.438. The highest BCUT2D eigenvalue weighted by Gasteiger charge is 2.32. The Bertz CT molecular complexity index is 617. The summed E-state index contributed by atoms with van der Waals surface area (Å²) in [5.41, 5.74) is 7.02. The number of likely N-dealkylation sites (tertiary alicyclic amines) is 1. The standard InChI is InChI=1S/C16H21N3O4/c1-10-3-2-4-11(7-10)13(18-16(17)23)8-14(20)19-6-5-12(9-19)15(21)22/h2-4,7,12-13H,5-6,8-9H2,1H3,(H,21,22)(H3,17,18,23)/t12-,13+/m1/s1. The van der Waals surface area contributed by atoms with E-state index in [4.69, 9.17) is 10.8 Å². The molecule has 2 atom stereocenters. The highest BCUT2D eigenvalue weighted by atomic mass is 16.4. The lowest BCUT2D eigenvalue weighted by Crippen LogP contribution is -2.38. The third-order valence-electron chi connectivity index (χ3n) is 4.03. The van der Waals surface area contributed by atoms with E-state index >= 15 is 0 Å². The molecular formula is C16H21N3O4. The maximum atomic E-state index is 12.4. The van der Waals surface area contributed by atoms with Gasteiger partial charge in [0.25, 0.3) is 0 Å². The average Bonchev–Trinajstić information content (AvgIpc) is 2.96. The zero-order chi connectivity index (χ0) is 17.0. The number of nitrogens with zero attached hydrogens (tertiary/aromatic N) is 1. The van der Waals surface area contributed by atoms with Gasteiger partial charge in [0.05, 0.1) is 18.4 Å². The topological polar surface area (TPSA) is 113 Å². The molecule has 7 heteroatoms. The van der Waals surface area contributed by atoms with Crippen LogP contribution >= 0.6 is 0 Å². The lowest BCUT2D eigenvalue weighted by molar-refractivity contribution is -0.141. The van der Waals surface area contributed by atoms with Crippen molar-refractivity contribution in [3.8, 4) is 0 Å². The number of aryl methyl sites for hydroxylation is 1. The average molecular weight is 319 g/mol. The van der Waals surface area contributed by atoms with Crippen LogP contribution < -0.4 is 11.1 Å². The minimum atomic E-state index is -0.884. The Morgan fingerprint density at radius 2 is 2.17 bits per heavy atom. The Kier molecular flexibility index (Phi) is 5.20. The molecule has 0 aliphatic carbocycles. The van der Waals surface area contributed by atoms with E-state index < -0.39 is 24.0 Å². The van der Waals surface area contributed by atoms with Gasteiger partial charge in [-0.25, -0.2) is 4.79 Å². The lowest BCUT2D eigenvalue weighted by atomic mass is 10.0. The number of rotatable bonds is 5. The Balaban J connectivity index is 2.07. The lowest BCUT2D eigenvalue weighted by Gasteiger charge is -2.22. The van der Waals surface area contributed by atoms with E-state index in [9.17, 15) is 14.4 Å². The second-order valence-corrected chi connectivity index (χ2v) is 5.84. The van der Waals surface area contributed by atoms with Crippen LogP contribution in [0.5, 0.6) is 0 Å². The molecule has 1 heterocycles. The molecule has 1 fully saturated rings. The van der Waals surface area contributed by atoms with Crippen LogP contribution in [0.1, 0.15) is 30.0 Å². The van der Waals surface area contributed by atoms with Gasteiger partial charge in [0.1, 0.15) is 0 Å². The molecular weight excluding hydrogens is 298 g/mol. The molecule has 0 unspecified atom stereocenters. The number of nitrogens with two attached hydrogens (primary N) is 1. The SMILES string of the molecule is Cc1cccc([C@H](CC(=O)N2CC[C@@H](C(=O)O)C2)NC(N)=O)c1. The van der Waals surface area contributed by atoms with E-state index in [0.717, 1.165) is 11.1 Å². The van der Waals surface area contributed by atoms with Crippen molar-refractivity contribution in [2.24, 2.45) is 11.7 Å². The van der Waals surface area contributed by atoms with Crippen LogP contribution in [0.4, 0.5) is 4.79 Å². The van der Waals surface area contributed by atoms with Gasteiger partial charge in [0, 0.05) is 13.1 Å². The highest BCUT2D eigenvalue weighted by molar-refractivity contribution is 5.80. The first-order valence-corrected chi connectivity index (χ1v) is 7.50. The van der Waals surface area contributed by atoms with Gasteiger partial charge in [-0.3, -0.25) is 9.59 Å². The van der Waals surface area contributed by atoms with Crippen molar-refractivity contribution >= 4 is 17.9 Å². The number of nitrogens with one attached hydrogen (secondary N) is 1. The van der Waals surface area contributed by atoms with Crippen molar-refractivity contribution in [1.29, 1.82) is 0 Å². The van der Waals surface area contributed by atoms with Crippen LogP contribution in [0.3, 0.4) is 0 Å². The fourth-order valence-corrected chi connectivity index (χ4v) is 2.80. The molecule has 124 valence electrons. The molecule has 3 amide bonds. The highest BCUT2D eigenvalue weighted by Crippen LogP contribution is 2.22. The number of carboxylic acids is 1. The molecule has 23 heavy (non-hydrogen) atoms. The van der Waals surface area contributed by atoms with Crippen LogP contribution in [0, 0.1) is 12.8 Å². The quantitative estimate of drug-likeness (QED) is 0.752. The molecule has 7 nitrogen and oxygen atoms in total. The van der Waals surface area contributed by atoms with Crippen LogP contribution in [-0.4, -0.2) is 41.0 Å². The van der Waals surface area contributed by atoms with Crippen molar-refractivity contribution in [3.63, 3.8) is 0 Å². The van der Waals surface area contributed by atoms with Crippen molar-refractivity contribution in [2.75, 3.05) is 13.1 Å². The third-order valence-corrected chi connectivity index (χ3v) is 4.03. The van der Waals surface area contributed by atoms with Gasteiger partial charge in [-0.1, -0.05) is 29.8 Å². The molecule has 0 spiro atoms. The van der Waals surface area contributed by atoms with Gasteiger partial charge >= 0.3 is 12.0 Å². The first-order chi connectivity index (χ1) is 10.9. The van der Waals surface area contributed by atoms with Gasteiger partial charge in [-0.05, 0) is 18.9 Å². The summed E-state index contributed by atoms with van der Waals surface area (Å²) in [6.07, 6.45) is 0.512. The smallest absolute Gasteiger partial charge is 0.312 e. The normalized spacial score (nSPS) is 18.5. The van der Waals surface area contributed by atoms with Crippen molar-refractivity contribution in [1.82, 2.24) is 10.2 Å². The maximum absolute atomic E-state index is 12.4. The van der Waals surface area contributed by atoms with Gasteiger partial charge in [-0.15, -0.1) is 0 Å². The molecule has 0 aromatic heterocycles. The fourth-order valence-electron chi connectivity index (χ4n) is 2.80. The molecule has 1 aliphatic rings. The number of urea groups is 1. The van der Waals surface area contributed by atoms with Crippen LogP contribution in [0.15, 0.2) is 24.3 Å². The molecule has 2 rings (SSSR count). The van der Waals surface area contributed by atoms with Gasteiger partial charge < -0.3 is 21.1 Å². The summed E-state index contributed by atoms with van der Waals surface area (Å²) in [6, 6.07) is 6.26. The number of carboxylic acid groups (broad SMARTS) is 1. The molecule has 0 radical (unpaired) electrons. The monoisotopic (exact) mass is 319 g/mol. The molecule has 0 saturated carbocycles. The summed E-state index contributed by atoms with van der Waals surface area (Å²) in [4.78, 5) is 36.1. The Hall–Kier alpha value is -2.57. The summed E-state index contributed by atoms with van der Waals surface area (Å²) in [5, 5.41) is 11.6. The van der Waals surface area contributed by atoms with Gasteiger partial charge in [-0.2, -0.15) is 0 Å². The van der Waals surface area contributed by atoms with E-state index in [1.807, 2.05) is 31.2 Å². The van der Waals surface area contributed by atoms with E-state index in [1.165, 1.54) is 4.90 Å². The molecule has 1 aromatic rings. The number of aliphatic carboxylic acids is 1. The summed E-state index contributed by atoms with van der Waals surface area (Å²) in [5.74, 6) is -1.58. The molecule has 1 aromatic carbocycles. The minimum Gasteiger partial charge on any atom is -0.481 e. The number of hydrogen-bond acceptors (Lipinski definition) is 3. The largest absolute Gasteiger partial charge is 0.481 e. The first kappa shape index (κ1) is 16.8. The van der Waals surface area contributed by atoms with Crippen LogP contribution in [-0.2, 0) is 9.59 Å². The second kappa shape index (κ2) is 7.13. The number of hydrogen-bond donors (Lipinski definition) is 3. The zero-order valence-corrected chi connectivity index (χ0v) is 13.0. The Morgan fingerprint density at radius 1 is 1.43 bits per heavy atom.